The number of rotatable bonds is 12. The van der Waals surface area contributed by atoms with Gasteiger partial charge in [0.1, 0.15) is 0 Å². The van der Waals surface area contributed by atoms with Gasteiger partial charge in [0.2, 0.25) is 0 Å². The Morgan fingerprint density at radius 3 is 2.19 bits per heavy atom. The molecule has 0 spiro atoms. The van der Waals surface area contributed by atoms with Gasteiger partial charge in [-0.05, 0) is 13.0 Å². The quantitative estimate of drug-likeness (QED) is 0.409. The molecule has 0 radical (unpaired) electrons. The predicted octanol–water partition coefficient (Wildman–Crippen LogP) is 3.22. The van der Waals surface area contributed by atoms with Crippen LogP contribution in [0.3, 0.4) is 0 Å². The first kappa shape index (κ1) is 15.7. The normalized spacial score (nSPS) is 10.9. The van der Waals surface area contributed by atoms with Crippen molar-refractivity contribution in [1.29, 1.82) is 0 Å². The second-order valence-electron chi connectivity index (χ2n) is 4.43. The van der Waals surface area contributed by atoms with Crippen LogP contribution in [-0.2, 0) is 0 Å². The number of hydrogen-bond donors (Lipinski definition) is 1. The van der Waals surface area contributed by atoms with Crippen molar-refractivity contribution < 1.29 is 5.11 Å². The maximum Gasteiger partial charge on any atom is 0.0558 e. The minimum atomic E-state index is 0.254. The number of unbranched alkanes of at least 4 members (excludes halogenated alkanes) is 6. The van der Waals surface area contributed by atoms with E-state index in [4.69, 9.17) is 5.11 Å². The molecule has 0 saturated carbocycles. The van der Waals surface area contributed by atoms with Gasteiger partial charge in [0.05, 0.1) is 6.61 Å². The van der Waals surface area contributed by atoms with E-state index in [0.717, 1.165) is 19.6 Å². The zero-order chi connectivity index (χ0) is 12.1. The van der Waals surface area contributed by atoms with E-state index in [1.54, 1.807) is 0 Å². The maximum absolute atomic E-state index is 8.89. The average Bonchev–Trinajstić information content (AvgIpc) is 2.28. The summed E-state index contributed by atoms with van der Waals surface area (Å²) in [6, 6.07) is 0. The molecule has 0 bridgehead atoms. The van der Waals surface area contributed by atoms with E-state index in [1.807, 2.05) is 6.08 Å². The molecule has 2 heteroatoms. The lowest BCUT2D eigenvalue weighted by molar-refractivity contribution is 0.206. The van der Waals surface area contributed by atoms with E-state index < -0.39 is 0 Å². The van der Waals surface area contributed by atoms with Crippen molar-refractivity contribution in [2.24, 2.45) is 0 Å². The van der Waals surface area contributed by atoms with Gasteiger partial charge in [-0.3, -0.25) is 4.90 Å². The van der Waals surface area contributed by atoms with Gasteiger partial charge in [-0.25, -0.2) is 0 Å². The fourth-order valence-corrected chi connectivity index (χ4v) is 1.91. The van der Waals surface area contributed by atoms with Crippen LogP contribution in [0, 0.1) is 0 Å². The van der Waals surface area contributed by atoms with Crippen LogP contribution >= 0.6 is 0 Å². The van der Waals surface area contributed by atoms with Gasteiger partial charge >= 0.3 is 0 Å². The van der Waals surface area contributed by atoms with Crippen molar-refractivity contribution in [2.75, 3.05) is 26.2 Å². The first-order valence-corrected chi connectivity index (χ1v) is 6.79. The van der Waals surface area contributed by atoms with Gasteiger partial charge < -0.3 is 5.11 Å². The third-order valence-electron chi connectivity index (χ3n) is 2.88. The molecule has 0 heterocycles. The van der Waals surface area contributed by atoms with Gasteiger partial charge in [0.25, 0.3) is 0 Å². The molecule has 0 aromatic heterocycles. The van der Waals surface area contributed by atoms with E-state index in [2.05, 4.69) is 18.4 Å². The third-order valence-corrected chi connectivity index (χ3v) is 2.88. The summed E-state index contributed by atoms with van der Waals surface area (Å²) in [6.07, 6.45) is 11.3. The summed E-state index contributed by atoms with van der Waals surface area (Å²) in [6.45, 7) is 9.02. The monoisotopic (exact) mass is 227 g/mol. The molecule has 0 rings (SSSR count). The summed E-state index contributed by atoms with van der Waals surface area (Å²) in [7, 11) is 0. The Labute approximate surface area is 101 Å². The van der Waals surface area contributed by atoms with Crippen molar-refractivity contribution in [2.45, 2.75) is 51.9 Å². The lowest BCUT2D eigenvalue weighted by Gasteiger charge is -2.18. The lowest BCUT2D eigenvalue weighted by atomic mass is 10.1. The number of nitrogens with zero attached hydrogens (tertiary/aromatic N) is 1. The minimum absolute atomic E-state index is 0.254. The van der Waals surface area contributed by atoms with Gasteiger partial charge in [-0.15, -0.1) is 6.58 Å². The molecule has 0 aliphatic heterocycles. The van der Waals surface area contributed by atoms with Crippen molar-refractivity contribution in [3.05, 3.63) is 12.7 Å². The highest BCUT2D eigenvalue weighted by Crippen LogP contribution is 2.07. The largest absolute Gasteiger partial charge is 0.395 e. The zero-order valence-electron chi connectivity index (χ0n) is 11.0. The molecule has 96 valence electrons. The fourth-order valence-electron chi connectivity index (χ4n) is 1.91. The van der Waals surface area contributed by atoms with Crippen LogP contribution in [0.4, 0.5) is 0 Å². The zero-order valence-corrected chi connectivity index (χ0v) is 11.0. The summed E-state index contributed by atoms with van der Waals surface area (Å²) in [5.41, 5.74) is 0. The molecule has 0 aromatic rings. The Bertz CT molecular complexity index is 148. The molecule has 0 atom stereocenters. The van der Waals surface area contributed by atoms with E-state index in [9.17, 15) is 0 Å². The highest BCUT2D eigenvalue weighted by atomic mass is 16.3. The van der Waals surface area contributed by atoms with Crippen LogP contribution in [-0.4, -0.2) is 36.2 Å². The highest BCUT2D eigenvalue weighted by molar-refractivity contribution is 4.73. The Morgan fingerprint density at radius 2 is 1.62 bits per heavy atom. The van der Waals surface area contributed by atoms with Gasteiger partial charge in [-0.1, -0.05) is 51.5 Å². The highest BCUT2D eigenvalue weighted by Gasteiger charge is 2.00. The predicted molar refractivity (Wildman–Crippen MR) is 71.7 cm³/mol. The number of aliphatic hydroxyl groups excluding tert-OH is 1. The van der Waals surface area contributed by atoms with Gasteiger partial charge in [0.15, 0.2) is 0 Å². The van der Waals surface area contributed by atoms with Crippen molar-refractivity contribution in [1.82, 2.24) is 4.90 Å². The molecular formula is C14H29NO. The van der Waals surface area contributed by atoms with Gasteiger partial charge in [-0.2, -0.15) is 0 Å². The van der Waals surface area contributed by atoms with Crippen LogP contribution in [0.5, 0.6) is 0 Å². The van der Waals surface area contributed by atoms with E-state index in [0.29, 0.717) is 0 Å². The first-order valence-electron chi connectivity index (χ1n) is 6.79. The molecule has 0 aromatic carbocycles. The Balaban J connectivity index is 3.29. The Kier molecular flexibility index (Phi) is 12.5. The molecule has 2 nitrogen and oxygen atoms in total. The van der Waals surface area contributed by atoms with E-state index in [1.165, 1.54) is 44.9 Å². The van der Waals surface area contributed by atoms with Crippen LogP contribution in [0.2, 0.25) is 0 Å². The van der Waals surface area contributed by atoms with Crippen molar-refractivity contribution in [3.63, 3.8) is 0 Å². The van der Waals surface area contributed by atoms with E-state index >= 15 is 0 Å². The molecule has 0 unspecified atom stereocenters. The Hall–Kier alpha value is -0.340. The van der Waals surface area contributed by atoms with Crippen LogP contribution < -0.4 is 0 Å². The summed E-state index contributed by atoms with van der Waals surface area (Å²) in [4.78, 5) is 2.26. The third kappa shape index (κ3) is 10.2. The van der Waals surface area contributed by atoms with E-state index in [-0.39, 0.29) is 6.61 Å². The van der Waals surface area contributed by atoms with Crippen molar-refractivity contribution >= 4 is 0 Å². The maximum atomic E-state index is 8.89. The SMILES string of the molecule is C=CCN(CCO)CCCCCCCCC. The molecule has 1 N–H and O–H groups in total. The summed E-state index contributed by atoms with van der Waals surface area (Å²) in [5, 5.41) is 8.89. The smallest absolute Gasteiger partial charge is 0.0558 e. The minimum Gasteiger partial charge on any atom is -0.395 e. The second-order valence-corrected chi connectivity index (χ2v) is 4.43. The van der Waals surface area contributed by atoms with Crippen LogP contribution in [0.15, 0.2) is 12.7 Å². The molecule has 0 aliphatic carbocycles. The average molecular weight is 227 g/mol. The first-order chi connectivity index (χ1) is 7.85. The topological polar surface area (TPSA) is 23.5 Å². The second kappa shape index (κ2) is 12.7. The number of hydrogen-bond acceptors (Lipinski definition) is 2. The molecule has 16 heavy (non-hydrogen) atoms. The molecule has 0 amide bonds. The standard InChI is InChI=1S/C14H29NO/c1-3-5-6-7-8-9-10-12-15(11-4-2)13-14-16/h4,16H,2-3,5-14H2,1H3. The van der Waals surface area contributed by atoms with Crippen LogP contribution in [0.1, 0.15) is 51.9 Å². The van der Waals surface area contributed by atoms with Gasteiger partial charge in [0, 0.05) is 13.1 Å². The molecule has 0 fully saturated rings. The summed E-state index contributed by atoms with van der Waals surface area (Å²) < 4.78 is 0. The molecule has 0 saturated heterocycles. The molecule has 0 aliphatic rings. The number of aliphatic hydroxyl groups is 1. The molecular weight excluding hydrogens is 198 g/mol. The summed E-state index contributed by atoms with van der Waals surface area (Å²) in [5.74, 6) is 0. The summed E-state index contributed by atoms with van der Waals surface area (Å²) >= 11 is 0. The lowest BCUT2D eigenvalue weighted by Crippen LogP contribution is -2.28. The van der Waals surface area contributed by atoms with Crippen molar-refractivity contribution in [3.8, 4) is 0 Å². The fraction of sp³-hybridized carbons (Fsp3) is 0.857. The van der Waals surface area contributed by atoms with Crippen LogP contribution in [0.25, 0.3) is 0 Å². The Morgan fingerprint density at radius 1 is 1.00 bits per heavy atom.